The van der Waals surface area contributed by atoms with E-state index in [4.69, 9.17) is 11.6 Å². The fourth-order valence-electron chi connectivity index (χ4n) is 2.40. The molecule has 1 aromatic heterocycles. The summed E-state index contributed by atoms with van der Waals surface area (Å²) in [5.74, 6) is -0.765. The maximum atomic E-state index is 13.9. The molecule has 0 bridgehead atoms. The van der Waals surface area contributed by atoms with Crippen molar-refractivity contribution in [3.8, 4) is 0 Å². The molecule has 108 valence electrons. The first-order valence-electron chi connectivity index (χ1n) is 6.59. The molecule has 0 aliphatic carbocycles. The van der Waals surface area contributed by atoms with Crippen molar-refractivity contribution in [2.45, 2.75) is 18.8 Å². The molecule has 0 amide bonds. The van der Waals surface area contributed by atoms with Crippen molar-refractivity contribution < 1.29 is 8.78 Å². The van der Waals surface area contributed by atoms with Crippen LogP contribution in [0.1, 0.15) is 23.7 Å². The van der Waals surface area contributed by atoms with Crippen LogP contribution in [0, 0.1) is 11.6 Å². The Hall–Kier alpha value is -1.94. The van der Waals surface area contributed by atoms with Gasteiger partial charge in [0.25, 0.3) is 0 Å². The molecule has 0 saturated carbocycles. The number of hydrogen-bond donors (Lipinski definition) is 0. The van der Waals surface area contributed by atoms with Crippen molar-refractivity contribution in [3.05, 3.63) is 65.5 Å². The number of imidazole rings is 1. The number of alkyl halides is 1. The lowest BCUT2D eigenvalue weighted by Gasteiger charge is -2.10. The molecule has 5 heteroatoms. The van der Waals surface area contributed by atoms with Crippen LogP contribution in [-0.2, 0) is 6.54 Å². The number of halogens is 3. The van der Waals surface area contributed by atoms with E-state index >= 15 is 0 Å². The molecule has 0 radical (unpaired) electrons. The van der Waals surface area contributed by atoms with E-state index in [1.54, 1.807) is 11.5 Å². The van der Waals surface area contributed by atoms with Gasteiger partial charge < -0.3 is 4.57 Å². The Kier molecular flexibility index (Phi) is 3.64. The zero-order chi connectivity index (χ0) is 15.0. The van der Waals surface area contributed by atoms with Crippen molar-refractivity contribution >= 4 is 22.6 Å². The van der Waals surface area contributed by atoms with E-state index in [0.717, 1.165) is 11.6 Å². The predicted molar refractivity (Wildman–Crippen MR) is 79.5 cm³/mol. The number of nitrogens with zero attached hydrogens (tertiary/aromatic N) is 2. The van der Waals surface area contributed by atoms with Crippen molar-refractivity contribution in [1.82, 2.24) is 9.55 Å². The van der Waals surface area contributed by atoms with Crippen molar-refractivity contribution in [2.75, 3.05) is 0 Å². The summed E-state index contributed by atoms with van der Waals surface area (Å²) in [5, 5.41) is -0.399. The normalized spacial score (nSPS) is 12.8. The molecule has 1 heterocycles. The van der Waals surface area contributed by atoms with Gasteiger partial charge >= 0.3 is 0 Å². The van der Waals surface area contributed by atoms with Crippen LogP contribution in [-0.4, -0.2) is 9.55 Å². The van der Waals surface area contributed by atoms with Crippen LogP contribution in [0.15, 0.2) is 42.5 Å². The quantitative estimate of drug-likeness (QED) is 0.643. The van der Waals surface area contributed by atoms with E-state index in [1.807, 2.05) is 30.3 Å². The molecule has 0 spiro atoms. The fourth-order valence-corrected chi connectivity index (χ4v) is 2.57. The smallest absolute Gasteiger partial charge is 0.153 e. The van der Waals surface area contributed by atoms with E-state index in [9.17, 15) is 8.78 Å². The average molecular weight is 307 g/mol. The minimum Gasteiger partial charge on any atom is -0.322 e. The molecule has 0 aliphatic rings. The van der Waals surface area contributed by atoms with Gasteiger partial charge in [0.05, 0.1) is 10.9 Å². The first-order chi connectivity index (χ1) is 10.1. The molecule has 0 aliphatic heterocycles. The van der Waals surface area contributed by atoms with Gasteiger partial charge in [-0.15, -0.1) is 11.6 Å². The third-order valence-corrected chi connectivity index (χ3v) is 3.54. The Morgan fingerprint density at radius 3 is 2.57 bits per heavy atom. The molecule has 1 atom stereocenters. The van der Waals surface area contributed by atoms with Crippen LogP contribution in [0.25, 0.3) is 11.0 Å². The molecule has 2 nitrogen and oxygen atoms in total. The summed E-state index contributed by atoms with van der Waals surface area (Å²) in [5.41, 5.74) is 1.58. The highest BCUT2D eigenvalue weighted by molar-refractivity contribution is 6.20. The summed E-state index contributed by atoms with van der Waals surface area (Å²) in [4.78, 5) is 4.24. The summed E-state index contributed by atoms with van der Waals surface area (Å²) in [6, 6.07) is 11.8. The monoisotopic (exact) mass is 306 g/mol. The first-order valence-corrected chi connectivity index (χ1v) is 7.03. The first kappa shape index (κ1) is 14.0. The third-order valence-electron chi connectivity index (χ3n) is 3.34. The van der Waals surface area contributed by atoms with E-state index in [-0.39, 0.29) is 5.52 Å². The summed E-state index contributed by atoms with van der Waals surface area (Å²) in [6.45, 7) is 2.23. The zero-order valence-corrected chi connectivity index (χ0v) is 12.1. The molecule has 3 aromatic rings. The molecule has 0 fully saturated rings. The molecule has 3 rings (SSSR count). The van der Waals surface area contributed by atoms with Crippen LogP contribution in [0.2, 0.25) is 0 Å². The van der Waals surface area contributed by atoms with Gasteiger partial charge in [0, 0.05) is 12.6 Å². The molecule has 21 heavy (non-hydrogen) atoms. The second-order valence-electron chi connectivity index (χ2n) is 4.91. The van der Waals surface area contributed by atoms with E-state index in [2.05, 4.69) is 4.98 Å². The molecule has 2 aromatic carbocycles. The maximum Gasteiger partial charge on any atom is 0.153 e. The van der Waals surface area contributed by atoms with E-state index in [1.165, 1.54) is 6.07 Å². The van der Waals surface area contributed by atoms with E-state index in [0.29, 0.717) is 17.9 Å². The minimum absolute atomic E-state index is 0.148. The van der Waals surface area contributed by atoms with Gasteiger partial charge in [-0.1, -0.05) is 30.3 Å². The van der Waals surface area contributed by atoms with Gasteiger partial charge in [-0.3, -0.25) is 0 Å². The molecular formula is C16H13ClF2N2. The van der Waals surface area contributed by atoms with Crippen molar-refractivity contribution in [1.29, 1.82) is 0 Å². The zero-order valence-electron chi connectivity index (χ0n) is 11.4. The van der Waals surface area contributed by atoms with Gasteiger partial charge in [-0.25, -0.2) is 13.8 Å². The Balaban J connectivity index is 2.21. The Labute approximate surface area is 126 Å². The Bertz CT molecular complexity index is 782. The van der Waals surface area contributed by atoms with E-state index < -0.39 is 17.0 Å². The molecule has 1 unspecified atom stereocenters. The SMILES string of the molecule is CC(Cl)c1nc2c(F)cc(F)cc2n1Cc1ccccc1. The van der Waals surface area contributed by atoms with Gasteiger partial charge in [-0.2, -0.15) is 0 Å². The van der Waals surface area contributed by atoms with Crippen LogP contribution < -0.4 is 0 Å². The Morgan fingerprint density at radius 2 is 1.90 bits per heavy atom. The lowest BCUT2D eigenvalue weighted by molar-refractivity contribution is 0.590. The molecule has 0 N–H and O–H groups in total. The standard InChI is InChI=1S/C16H13ClF2N2/c1-10(17)16-20-15-13(19)7-12(18)8-14(15)21(16)9-11-5-3-2-4-6-11/h2-8,10H,9H2,1H3. The van der Waals surface area contributed by atoms with Crippen LogP contribution >= 0.6 is 11.6 Å². The minimum atomic E-state index is -0.671. The van der Waals surface area contributed by atoms with Gasteiger partial charge in [0.2, 0.25) is 0 Å². The highest BCUT2D eigenvalue weighted by Crippen LogP contribution is 2.27. The fraction of sp³-hybridized carbons (Fsp3) is 0.188. The largest absolute Gasteiger partial charge is 0.322 e. The second kappa shape index (κ2) is 5.45. The number of hydrogen-bond acceptors (Lipinski definition) is 1. The predicted octanol–water partition coefficient (Wildman–Crippen LogP) is 4.66. The maximum absolute atomic E-state index is 13.9. The van der Waals surface area contributed by atoms with Gasteiger partial charge in [0.1, 0.15) is 17.2 Å². The van der Waals surface area contributed by atoms with Crippen LogP contribution in [0.5, 0.6) is 0 Å². The van der Waals surface area contributed by atoms with Gasteiger partial charge in [-0.05, 0) is 18.6 Å². The summed E-state index contributed by atoms with van der Waals surface area (Å²) >= 11 is 6.14. The van der Waals surface area contributed by atoms with Crippen molar-refractivity contribution in [3.63, 3.8) is 0 Å². The highest BCUT2D eigenvalue weighted by Gasteiger charge is 2.18. The van der Waals surface area contributed by atoms with Gasteiger partial charge in [0.15, 0.2) is 5.82 Å². The Morgan fingerprint density at radius 1 is 1.19 bits per heavy atom. The van der Waals surface area contributed by atoms with Crippen LogP contribution in [0.3, 0.4) is 0 Å². The van der Waals surface area contributed by atoms with Crippen LogP contribution in [0.4, 0.5) is 8.78 Å². The number of benzene rings is 2. The summed E-state index contributed by atoms with van der Waals surface area (Å²) in [6.07, 6.45) is 0. The lowest BCUT2D eigenvalue weighted by Crippen LogP contribution is -2.05. The lowest BCUT2D eigenvalue weighted by atomic mass is 10.2. The average Bonchev–Trinajstić information content (AvgIpc) is 2.79. The number of fused-ring (bicyclic) bond motifs is 1. The highest BCUT2D eigenvalue weighted by atomic mass is 35.5. The number of aromatic nitrogens is 2. The third kappa shape index (κ3) is 2.63. The summed E-state index contributed by atoms with van der Waals surface area (Å²) < 4.78 is 29.2. The molecule has 0 saturated heterocycles. The summed E-state index contributed by atoms with van der Waals surface area (Å²) in [7, 11) is 0. The number of rotatable bonds is 3. The topological polar surface area (TPSA) is 17.8 Å². The molecular weight excluding hydrogens is 294 g/mol. The second-order valence-corrected chi connectivity index (χ2v) is 5.57. The van der Waals surface area contributed by atoms with Crippen molar-refractivity contribution in [2.24, 2.45) is 0 Å².